The number of fused-ring (bicyclic) bond motifs is 1. The summed E-state index contributed by atoms with van der Waals surface area (Å²) in [5, 5.41) is 0. The quantitative estimate of drug-likeness (QED) is 0.731. The third-order valence-electron chi connectivity index (χ3n) is 5.09. The zero-order valence-corrected chi connectivity index (χ0v) is 14.2. The molecule has 1 aromatic rings. The van der Waals surface area contributed by atoms with Crippen LogP contribution in [0.25, 0.3) is 0 Å². The molecule has 3 rings (SSSR count). The average molecular weight is 315 g/mol. The Kier molecular flexibility index (Phi) is 4.65. The monoisotopic (exact) mass is 315 g/mol. The molecule has 1 saturated carbocycles. The topological polar surface area (TPSA) is 29.4 Å². The molecular formula is C20H26FNO. The highest BCUT2D eigenvalue weighted by Crippen LogP contribution is 2.30. The number of carbonyl (C=O) groups excluding carboxylic acids is 1. The predicted octanol–water partition coefficient (Wildman–Crippen LogP) is 4.88. The molecule has 1 aliphatic carbocycles. The lowest BCUT2D eigenvalue weighted by Crippen LogP contribution is -2.31. The summed E-state index contributed by atoms with van der Waals surface area (Å²) in [4.78, 5) is 17.6. The fourth-order valence-electron chi connectivity index (χ4n) is 3.97. The van der Waals surface area contributed by atoms with E-state index in [0.29, 0.717) is 12.2 Å². The highest BCUT2D eigenvalue weighted by Gasteiger charge is 2.29. The molecule has 0 saturated heterocycles. The molecule has 0 amide bonds. The third kappa shape index (κ3) is 3.88. The molecule has 2 aliphatic rings. The lowest BCUT2D eigenvalue weighted by Gasteiger charge is -2.29. The van der Waals surface area contributed by atoms with Gasteiger partial charge in [-0.15, -0.1) is 0 Å². The van der Waals surface area contributed by atoms with Crippen molar-refractivity contribution in [1.29, 1.82) is 0 Å². The number of nitrogens with zero attached hydrogens (tertiary/aromatic N) is 1. The van der Waals surface area contributed by atoms with Gasteiger partial charge in [0.25, 0.3) is 0 Å². The number of Topliss-reactive ketones (excluding diaryl/α,β-unsaturated/α-hetero) is 1. The summed E-state index contributed by atoms with van der Waals surface area (Å²) in [7, 11) is 0. The normalized spacial score (nSPS) is 21.3. The smallest absolute Gasteiger partial charge is 0.141 e. The number of rotatable bonds is 3. The van der Waals surface area contributed by atoms with Gasteiger partial charge in [-0.3, -0.25) is 9.79 Å². The Hall–Kier alpha value is -1.51. The number of ketones is 1. The summed E-state index contributed by atoms with van der Waals surface area (Å²) in [5.41, 5.74) is 2.53. The van der Waals surface area contributed by atoms with Gasteiger partial charge in [0, 0.05) is 12.3 Å². The molecule has 0 radical (unpaired) electrons. The molecule has 1 heterocycles. The van der Waals surface area contributed by atoms with E-state index in [9.17, 15) is 9.18 Å². The van der Waals surface area contributed by atoms with Gasteiger partial charge in [-0.25, -0.2) is 4.39 Å². The third-order valence-corrected chi connectivity index (χ3v) is 5.09. The van der Waals surface area contributed by atoms with Crippen molar-refractivity contribution in [2.45, 2.75) is 70.8 Å². The maximum atomic E-state index is 13.6. The SMILES string of the molecule is CC1(C)Cc2cc(F)ccc2C(CC(=O)C2CCCCCC2)=N1. The van der Waals surface area contributed by atoms with Crippen LogP contribution >= 0.6 is 0 Å². The van der Waals surface area contributed by atoms with E-state index in [1.54, 1.807) is 12.1 Å². The lowest BCUT2D eigenvalue weighted by atomic mass is 9.83. The van der Waals surface area contributed by atoms with Gasteiger partial charge in [-0.2, -0.15) is 0 Å². The Balaban J connectivity index is 1.83. The van der Waals surface area contributed by atoms with E-state index in [2.05, 4.69) is 13.8 Å². The minimum atomic E-state index is -0.264. The first-order chi connectivity index (χ1) is 10.9. The van der Waals surface area contributed by atoms with E-state index in [4.69, 9.17) is 4.99 Å². The molecule has 0 unspecified atom stereocenters. The van der Waals surface area contributed by atoms with Gasteiger partial charge in [-0.1, -0.05) is 25.7 Å². The van der Waals surface area contributed by atoms with Crippen molar-refractivity contribution in [3.63, 3.8) is 0 Å². The highest BCUT2D eigenvalue weighted by molar-refractivity contribution is 6.13. The maximum Gasteiger partial charge on any atom is 0.141 e. The first kappa shape index (κ1) is 16.4. The first-order valence-electron chi connectivity index (χ1n) is 8.85. The summed E-state index contributed by atoms with van der Waals surface area (Å²) in [5.74, 6) is 0.295. The van der Waals surface area contributed by atoms with Crippen LogP contribution in [-0.4, -0.2) is 17.0 Å². The number of carbonyl (C=O) groups is 1. The zero-order valence-electron chi connectivity index (χ0n) is 14.2. The Labute approximate surface area is 138 Å². The van der Waals surface area contributed by atoms with E-state index in [1.807, 2.05) is 0 Å². The van der Waals surface area contributed by atoms with E-state index < -0.39 is 0 Å². The van der Waals surface area contributed by atoms with E-state index in [-0.39, 0.29) is 17.3 Å². The summed E-state index contributed by atoms with van der Waals surface area (Å²) in [6, 6.07) is 4.86. The van der Waals surface area contributed by atoms with Crippen molar-refractivity contribution in [3.8, 4) is 0 Å². The minimum Gasteiger partial charge on any atom is -0.299 e. The second-order valence-electron chi connectivity index (χ2n) is 7.68. The van der Waals surface area contributed by atoms with Crippen LogP contribution in [0.2, 0.25) is 0 Å². The van der Waals surface area contributed by atoms with E-state index in [1.165, 1.54) is 18.9 Å². The molecule has 0 spiro atoms. The van der Waals surface area contributed by atoms with Crippen LogP contribution in [0, 0.1) is 11.7 Å². The van der Waals surface area contributed by atoms with Crippen LogP contribution in [0.1, 0.15) is 69.9 Å². The van der Waals surface area contributed by atoms with Crippen LogP contribution in [0.15, 0.2) is 23.2 Å². The molecule has 1 aliphatic heterocycles. The van der Waals surface area contributed by atoms with Crippen LogP contribution in [0.3, 0.4) is 0 Å². The molecule has 1 fully saturated rings. The number of halogens is 1. The van der Waals surface area contributed by atoms with Crippen molar-refractivity contribution in [3.05, 3.63) is 35.1 Å². The molecular weight excluding hydrogens is 289 g/mol. The molecule has 23 heavy (non-hydrogen) atoms. The molecule has 124 valence electrons. The zero-order chi connectivity index (χ0) is 16.4. The first-order valence-corrected chi connectivity index (χ1v) is 8.85. The molecule has 3 heteroatoms. The standard InChI is InChI=1S/C20H26FNO/c1-20(2)13-15-11-16(21)9-10-17(15)18(22-20)12-19(23)14-7-5-3-4-6-8-14/h9-11,14H,3-8,12-13H2,1-2H3. The minimum absolute atomic E-state index is 0.189. The predicted molar refractivity (Wildman–Crippen MR) is 91.5 cm³/mol. The molecule has 0 atom stereocenters. The number of hydrogen-bond donors (Lipinski definition) is 0. The van der Waals surface area contributed by atoms with Crippen molar-refractivity contribution in [2.24, 2.45) is 10.9 Å². The van der Waals surface area contributed by atoms with Crippen LogP contribution in [0.4, 0.5) is 4.39 Å². The van der Waals surface area contributed by atoms with Gasteiger partial charge in [0.05, 0.1) is 11.3 Å². The van der Waals surface area contributed by atoms with Gasteiger partial charge >= 0.3 is 0 Å². The summed E-state index contributed by atoms with van der Waals surface area (Å²) in [6.45, 7) is 4.11. The second-order valence-corrected chi connectivity index (χ2v) is 7.68. The Morgan fingerprint density at radius 1 is 1.22 bits per heavy atom. The van der Waals surface area contributed by atoms with Gasteiger partial charge in [0.1, 0.15) is 11.6 Å². The van der Waals surface area contributed by atoms with Gasteiger partial charge < -0.3 is 0 Å². The Bertz CT molecular complexity index is 625. The van der Waals surface area contributed by atoms with Crippen molar-refractivity contribution >= 4 is 11.5 Å². The molecule has 0 bridgehead atoms. The summed E-state index contributed by atoms with van der Waals surface area (Å²) < 4.78 is 13.6. The lowest BCUT2D eigenvalue weighted by molar-refractivity contribution is -0.122. The van der Waals surface area contributed by atoms with Crippen molar-refractivity contribution in [1.82, 2.24) is 0 Å². The van der Waals surface area contributed by atoms with Gasteiger partial charge in [0.15, 0.2) is 0 Å². The Morgan fingerprint density at radius 2 is 1.91 bits per heavy atom. The number of hydrogen-bond acceptors (Lipinski definition) is 2. The second kappa shape index (κ2) is 6.54. The average Bonchev–Trinajstić information content (AvgIpc) is 2.74. The molecule has 0 aromatic heterocycles. The van der Waals surface area contributed by atoms with Crippen LogP contribution in [0.5, 0.6) is 0 Å². The number of aliphatic imine (C=N–C) groups is 1. The summed E-state index contributed by atoms with van der Waals surface area (Å²) in [6.07, 6.45) is 7.98. The fourth-order valence-corrected chi connectivity index (χ4v) is 3.97. The highest BCUT2D eigenvalue weighted by atomic mass is 19.1. The van der Waals surface area contributed by atoms with E-state index >= 15 is 0 Å². The molecule has 0 N–H and O–H groups in total. The van der Waals surface area contributed by atoms with Gasteiger partial charge in [-0.05, 0) is 62.4 Å². The summed E-state index contributed by atoms with van der Waals surface area (Å²) >= 11 is 0. The van der Waals surface area contributed by atoms with Crippen molar-refractivity contribution < 1.29 is 9.18 Å². The molecule has 2 nitrogen and oxygen atoms in total. The van der Waals surface area contributed by atoms with Gasteiger partial charge in [0.2, 0.25) is 0 Å². The number of benzene rings is 1. The van der Waals surface area contributed by atoms with Crippen LogP contribution < -0.4 is 0 Å². The van der Waals surface area contributed by atoms with Crippen molar-refractivity contribution in [2.75, 3.05) is 0 Å². The largest absolute Gasteiger partial charge is 0.299 e. The maximum absolute atomic E-state index is 13.6. The van der Waals surface area contributed by atoms with E-state index in [0.717, 1.165) is 48.9 Å². The molecule has 1 aromatic carbocycles. The Morgan fingerprint density at radius 3 is 2.61 bits per heavy atom. The van der Waals surface area contributed by atoms with Crippen LogP contribution in [-0.2, 0) is 11.2 Å². The fraction of sp³-hybridized carbons (Fsp3) is 0.600.